The summed E-state index contributed by atoms with van der Waals surface area (Å²) in [7, 11) is 0. The Hall–Kier alpha value is -5.10. The minimum atomic E-state index is -1.08. The van der Waals surface area contributed by atoms with Gasteiger partial charge >= 0.3 is 5.97 Å². The van der Waals surface area contributed by atoms with Crippen LogP contribution in [0.25, 0.3) is 33.1 Å². The Morgan fingerprint density at radius 2 is 1.33 bits per heavy atom. The van der Waals surface area contributed by atoms with Crippen molar-refractivity contribution >= 4 is 27.8 Å². The van der Waals surface area contributed by atoms with Crippen molar-refractivity contribution in [1.29, 1.82) is 0 Å². The summed E-state index contributed by atoms with van der Waals surface area (Å²) in [6.45, 7) is 0.369. The van der Waals surface area contributed by atoms with E-state index in [0.29, 0.717) is 30.1 Å². The highest BCUT2D eigenvalue weighted by Crippen LogP contribution is 2.36. The van der Waals surface area contributed by atoms with Gasteiger partial charge in [0, 0.05) is 17.3 Å². The quantitative estimate of drug-likeness (QED) is 0.257. The molecule has 0 saturated heterocycles. The zero-order chi connectivity index (χ0) is 26.8. The molecule has 0 aliphatic rings. The molecule has 6 rings (SSSR count). The predicted octanol–water partition coefficient (Wildman–Crippen LogP) is 6.34. The third kappa shape index (κ3) is 4.68. The van der Waals surface area contributed by atoms with Gasteiger partial charge in [-0.3, -0.25) is 14.2 Å². The van der Waals surface area contributed by atoms with Crippen LogP contribution in [0.5, 0.6) is 5.75 Å². The van der Waals surface area contributed by atoms with Crippen LogP contribution >= 0.6 is 0 Å². The van der Waals surface area contributed by atoms with Crippen LogP contribution in [-0.2, 0) is 24.5 Å². The summed E-state index contributed by atoms with van der Waals surface area (Å²) in [6.07, 6.45) is 0. The number of pyridine rings is 1. The molecule has 4 aromatic carbocycles. The van der Waals surface area contributed by atoms with Gasteiger partial charge in [-0.25, -0.2) is 0 Å². The molecule has 0 aliphatic heterocycles. The minimum Gasteiger partial charge on any atom is -0.487 e. The number of para-hydroxylation sites is 1. The fourth-order valence-electron chi connectivity index (χ4n) is 5.15. The van der Waals surface area contributed by atoms with E-state index in [1.807, 2.05) is 120 Å². The zero-order valence-electron chi connectivity index (χ0n) is 21.2. The molecule has 2 heterocycles. The van der Waals surface area contributed by atoms with Crippen molar-refractivity contribution in [2.45, 2.75) is 19.7 Å². The number of aromatic nitrogens is 2. The molecular weight excluding hydrogens is 488 g/mol. The molecule has 1 N–H and O–H groups in total. The van der Waals surface area contributed by atoms with E-state index in [2.05, 4.69) is 0 Å². The lowest BCUT2D eigenvalue weighted by atomic mass is 10.1. The summed E-state index contributed by atoms with van der Waals surface area (Å²) in [5, 5.41) is 11.4. The van der Waals surface area contributed by atoms with Crippen molar-refractivity contribution in [3.63, 3.8) is 0 Å². The summed E-state index contributed by atoms with van der Waals surface area (Å²) in [5.74, 6) is -0.417. The number of carbonyl (C=O) groups is 1. The van der Waals surface area contributed by atoms with E-state index in [-0.39, 0.29) is 5.56 Å². The first-order valence-electron chi connectivity index (χ1n) is 12.8. The monoisotopic (exact) mass is 514 g/mol. The maximum Gasteiger partial charge on any atom is 0.323 e. The molecule has 6 heteroatoms. The normalized spacial score (nSPS) is 11.2. The lowest BCUT2D eigenvalue weighted by Crippen LogP contribution is -2.27. The highest BCUT2D eigenvalue weighted by Gasteiger charge is 2.22. The second kappa shape index (κ2) is 10.3. The molecule has 6 aromatic rings. The zero-order valence-corrected chi connectivity index (χ0v) is 21.2. The molecule has 0 spiro atoms. The molecule has 0 amide bonds. The Kier molecular flexibility index (Phi) is 6.43. The number of rotatable bonds is 8. The number of carboxylic acids is 1. The topological polar surface area (TPSA) is 73.5 Å². The van der Waals surface area contributed by atoms with Gasteiger partial charge in [-0.1, -0.05) is 103 Å². The molecule has 0 fully saturated rings. The molecule has 6 nitrogen and oxygen atoms in total. The maximum atomic E-state index is 14.2. The van der Waals surface area contributed by atoms with Gasteiger partial charge in [0.05, 0.1) is 11.2 Å². The van der Waals surface area contributed by atoms with E-state index in [4.69, 9.17) is 4.74 Å². The van der Waals surface area contributed by atoms with Crippen molar-refractivity contribution < 1.29 is 14.6 Å². The lowest BCUT2D eigenvalue weighted by Gasteiger charge is -2.14. The molecule has 0 atom stereocenters. The molecule has 0 unspecified atom stereocenters. The molecule has 39 heavy (non-hydrogen) atoms. The highest BCUT2D eigenvalue weighted by atomic mass is 16.5. The smallest absolute Gasteiger partial charge is 0.323 e. The number of fused-ring (bicyclic) bond motifs is 3. The summed E-state index contributed by atoms with van der Waals surface area (Å²) in [4.78, 5) is 26.0. The standard InChI is InChI=1S/C33H26N2O4/c36-30(37)21-34-28(25-15-8-3-9-16-25)19-27-26-17-10-18-29(39-22-24-13-6-2-7-14-24)31(26)35(32(27)33(34)38)20-23-11-4-1-5-12-23/h1-19H,20-22H2,(H,36,37). The maximum absolute atomic E-state index is 14.2. The SMILES string of the molecule is O=C(O)Cn1c(-c2ccccc2)cc2c3cccc(OCc4ccccc4)c3n(Cc3ccccc3)c2c1=O. The van der Waals surface area contributed by atoms with Gasteiger partial charge in [0.15, 0.2) is 0 Å². The van der Waals surface area contributed by atoms with E-state index in [0.717, 1.165) is 33.0 Å². The Balaban J connectivity index is 1.64. The van der Waals surface area contributed by atoms with Crippen molar-refractivity contribution in [2.24, 2.45) is 0 Å². The van der Waals surface area contributed by atoms with Crippen molar-refractivity contribution in [1.82, 2.24) is 9.13 Å². The Morgan fingerprint density at radius 1 is 0.692 bits per heavy atom. The minimum absolute atomic E-state index is 0.352. The number of ether oxygens (including phenoxy) is 1. The van der Waals surface area contributed by atoms with Crippen LogP contribution in [0.2, 0.25) is 0 Å². The van der Waals surface area contributed by atoms with Crippen LogP contribution in [0.1, 0.15) is 11.1 Å². The third-order valence-corrected chi connectivity index (χ3v) is 6.89. The van der Waals surface area contributed by atoms with Gasteiger partial charge in [-0.15, -0.1) is 0 Å². The molecule has 0 bridgehead atoms. The van der Waals surface area contributed by atoms with Crippen LogP contribution in [0, 0.1) is 0 Å². The molecule has 0 radical (unpaired) electrons. The fourth-order valence-corrected chi connectivity index (χ4v) is 5.15. The van der Waals surface area contributed by atoms with Crippen LogP contribution in [0.4, 0.5) is 0 Å². The number of carboxylic acid groups (broad SMARTS) is 1. The predicted molar refractivity (Wildman–Crippen MR) is 153 cm³/mol. The van der Waals surface area contributed by atoms with Crippen LogP contribution < -0.4 is 10.3 Å². The average Bonchev–Trinajstić information content (AvgIpc) is 3.28. The van der Waals surface area contributed by atoms with Crippen molar-refractivity contribution in [3.8, 4) is 17.0 Å². The van der Waals surface area contributed by atoms with Crippen molar-refractivity contribution in [3.05, 3.63) is 137 Å². The second-order valence-electron chi connectivity index (χ2n) is 9.44. The largest absolute Gasteiger partial charge is 0.487 e. The van der Waals surface area contributed by atoms with Gasteiger partial charge in [0.25, 0.3) is 5.56 Å². The fraction of sp³-hybridized carbons (Fsp3) is 0.0909. The number of benzene rings is 4. The molecule has 192 valence electrons. The third-order valence-electron chi connectivity index (χ3n) is 6.89. The summed E-state index contributed by atoms with van der Waals surface area (Å²) < 4.78 is 9.66. The van der Waals surface area contributed by atoms with Gasteiger partial charge in [0.2, 0.25) is 0 Å². The number of aliphatic carboxylic acids is 1. The summed E-state index contributed by atoms with van der Waals surface area (Å²) in [6, 6.07) is 37.0. The van der Waals surface area contributed by atoms with E-state index in [1.165, 1.54) is 4.57 Å². The van der Waals surface area contributed by atoms with Crippen molar-refractivity contribution in [2.75, 3.05) is 0 Å². The Bertz CT molecular complexity index is 1840. The Labute approximate surface area is 225 Å². The van der Waals surface area contributed by atoms with E-state index < -0.39 is 12.5 Å². The first-order chi connectivity index (χ1) is 19.1. The molecule has 0 saturated carbocycles. The van der Waals surface area contributed by atoms with Crippen LogP contribution in [0.15, 0.2) is 120 Å². The summed E-state index contributed by atoms with van der Waals surface area (Å²) >= 11 is 0. The number of nitrogens with zero attached hydrogens (tertiary/aromatic N) is 2. The number of hydrogen-bond acceptors (Lipinski definition) is 3. The van der Waals surface area contributed by atoms with Crippen LogP contribution in [0.3, 0.4) is 0 Å². The molecular formula is C33H26N2O4. The van der Waals surface area contributed by atoms with Gasteiger partial charge in [-0.05, 0) is 28.8 Å². The van der Waals surface area contributed by atoms with E-state index in [9.17, 15) is 14.7 Å². The van der Waals surface area contributed by atoms with Gasteiger partial charge in [-0.2, -0.15) is 0 Å². The summed E-state index contributed by atoms with van der Waals surface area (Å²) in [5.41, 5.74) is 4.29. The molecule has 2 aromatic heterocycles. The highest BCUT2D eigenvalue weighted by molar-refractivity contribution is 6.10. The molecule has 0 aliphatic carbocycles. The average molecular weight is 515 g/mol. The van der Waals surface area contributed by atoms with E-state index in [1.54, 1.807) is 0 Å². The first-order valence-corrected chi connectivity index (χ1v) is 12.8. The Morgan fingerprint density at radius 3 is 2.00 bits per heavy atom. The first kappa shape index (κ1) is 24.2. The van der Waals surface area contributed by atoms with Gasteiger partial charge in [0.1, 0.15) is 24.4 Å². The van der Waals surface area contributed by atoms with E-state index >= 15 is 0 Å². The lowest BCUT2D eigenvalue weighted by molar-refractivity contribution is -0.137. The second-order valence-corrected chi connectivity index (χ2v) is 9.44. The van der Waals surface area contributed by atoms with Crippen LogP contribution in [-0.4, -0.2) is 20.2 Å². The van der Waals surface area contributed by atoms with Gasteiger partial charge < -0.3 is 14.4 Å². The number of hydrogen-bond donors (Lipinski definition) is 1.